The molecule has 4 nitrogen and oxygen atoms in total. The molecule has 0 aliphatic rings. The molecule has 0 unspecified atom stereocenters. The Morgan fingerprint density at radius 1 is 1.60 bits per heavy atom. The summed E-state index contributed by atoms with van der Waals surface area (Å²) < 4.78 is 2.12. The van der Waals surface area contributed by atoms with Crippen molar-refractivity contribution >= 4 is 5.96 Å². The lowest BCUT2D eigenvalue weighted by atomic mass is 10.4. The Morgan fingerprint density at radius 2 is 2.33 bits per heavy atom. The SMILES string of the molecule is CCNC(=NC)N(C)Cc1cccn1C. The summed E-state index contributed by atoms with van der Waals surface area (Å²) in [5, 5.41) is 3.23. The number of aryl methyl sites for hydroxylation is 1. The van der Waals surface area contributed by atoms with Gasteiger partial charge in [0.2, 0.25) is 0 Å². The zero-order valence-electron chi connectivity index (χ0n) is 9.99. The number of aliphatic imine (C=N–C) groups is 1. The van der Waals surface area contributed by atoms with E-state index in [4.69, 9.17) is 0 Å². The van der Waals surface area contributed by atoms with Crippen LogP contribution in [0.3, 0.4) is 0 Å². The number of hydrogen-bond acceptors (Lipinski definition) is 1. The van der Waals surface area contributed by atoms with Gasteiger partial charge < -0.3 is 14.8 Å². The van der Waals surface area contributed by atoms with Gasteiger partial charge in [0.1, 0.15) is 0 Å². The normalized spacial score (nSPS) is 11.6. The van der Waals surface area contributed by atoms with Crippen LogP contribution in [0.5, 0.6) is 0 Å². The van der Waals surface area contributed by atoms with Crippen molar-refractivity contribution in [2.24, 2.45) is 12.0 Å². The van der Waals surface area contributed by atoms with E-state index in [1.54, 1.807) is 7.05 Å². The van der Waals surface area contributed by atoms with E-state index in [1.807, 2.05) is 7.05 Å². The van der Waals surface area contributed by atoms with Gasteiger partial charge in [0, 0.05) is 39.6 Å². The monoisotopic (exact) mass is 208 g/mol. The lowest BCUT2D eigenvalue weighted by Crippen LogP contribution is -2.38. The molecule has 0 radical (unpaired) electrons. The van der Waals surface area contributed by atoms with Crippen LogP contribution in [0, 0.1) is 0 Å². The van der Waals surface area contributed by atoms with E-state index in [2.05, 4.69) is 52.1 Å². The minimum atomic E-state index is 0.864. The van der Waals surface area contributed by atoms with Gasteiger partial charge in [0.05, 0.1) is 6.54 Å². The second-order valence-corrected chi connectivity index (χ2v) is 3.54. The summed E-state index contributed by atoms with van der Waals surface area (Å²) in [7, 11) is 5.90. The number of guanidine groups is 1. The van der Waals surface area contributed by atoms with Crippen molar-refractivity contribution in [3.05, 3.63) is 24.0 Å². The Bertz CT molecular complexity index is 327. The van der Waals surface area contributed by atoms with E-state index in [0.717, 1.165) is 19.0 Å². The van der Waals surface area contributed by atoms with Crippen LogP contribution in [-0.4, -0.2) is 36.1 Å². The van der Waals surface area contributed by atoms with Crippen molar-refractivity contribution < 1.29 is 0 Å². The van der Waals surface area contributed by atoms with Gasteiger partial charge in [0.25, 0.3) is 0 Å². The molecule has 0 bridgehead atoms. The second kappa shape index (κ2) is 5.44. The summed E-state index contributed by atoms with van der Waals surface area (Å²) in [6, 6.07) is 4.18. The highest BCUT2D eigenvalue weighted by atomic mass is 15.3. The molecule has 0 spiro atoms. The Hall–Kier alpha value is -1.45. The average Bonchev–Trinajstić information content (AvgIpc) is 2.60. The number of nitrogens with zero attached hydrogens (tertiary/aromatic N) is 3. The summed E-state index contributed by atoms with van der Waals surface area (Å²) in [6.07, 6.45) is 2.05. The van der Waals surface area contributed by atoms with E-state index < -0.39 is 0 Å². The molecule has 0 amide bonds. The summed E-state index contributed by atoms with van der Waals surface area (Å²) in [6.45, 7) is 3.83. The van der Waals surface area contributed by atoms with Gasteiger partial charge in [-0.15, -0.1) is 0 Å². The molecule has 1 heterocycles. The maximum Gasteiger partial charge on any atom is 0.193 e. The van der Waals surface area contributed by atoms with Crippen molar-refractivity contribution in [2.75, 3.05) is 20.6 Å². The van der Waals surface area contributed by atoms with Crippen LogP contribution in [0.4, 0.5) is 0 Å². The molecule has 15 heavy (non-hydrogen) atoms. The maximum absolute atomic E-state index is 4.21. The van der Waals surface area contributed by atoms with E-state index in [0.29, 0.717) is 0 Å². The highest BCUT2D eigenvalue weighted by Gasteiger charge is 2.06. The Morgan fingerprint density at radius 3 is 2.80 bits per heavy atom. The highest BCUT2D eigenvalue weighted by Crippen LogP contribution is 2.03. The fourth-order valence-electron chi connectivity index (χ4n) is 1.52. The predicted octanol–water partition coefficient (Wildman–Crippen LogP) is 1.05. The first-order valence-electron chi connectivity index (χ1n) is 5.21. The van der Waals surface area contributed by atoms with Crippen LogP contribution in [0.2, 0.25) is 0 Å². The molecule has 84 valence electrons. The van der Waals surface area contributed by atoms with Crippen molar-refractivity contribution in [3.63, 3.8) is 0 Å². The molecule has 1 aromatic heterocycles. The largest absolute Gasteiger partial charge is 0.357 e. The third-order valence-corrected chi connectivity index (χ3v) is 2.36. The zero-order chi connectivity index (χ0) is 11.3. The first-order chi connectivity index (χ1) is 7.19. The van der Waals surface area contributed by atoms with E-state index >= 15 is 0 Å². The van der Waals surface area contributed by atoms with Crippen LogP contribution in [0.25, 0.3) is 0 Å². The molecule has 1 rings (SSSR count). The molecule has 1 aromatic rings. The predicted molar refractivity (Wildman–Crippen MR) is 63.9 cm³/mol. The zero-order valence-corrected chi connectivity index (χ0v) is 9.99. The van der Waals surface area contributed by atoms with Crippen LogP contribution in [0.1, 0.15) is 12.6 Å². The molecule has 0 fully saturated rings. The minimum Gasteiger partial charge on any atom is -0.357 e. The number of rotatable bonds is 3. The first-order valence-corrected chi connectivity index (χ1v) is 5.21. The van der Waals surface area contributed by atoms with Gasteiger partial charge in [-0.1, -0.05) is 0 Å². The van der Waals surface area contributed by atoms with Crippen LogP contribution < -0.4 is 5.32 Å². The quantitative estimate of drug-likeness (QED) is 0.595. The average molecular weight is 208 g/mol. The molecule has 0 aliphatic heterocycles. The molecule has 0 saturated heterocycles. The van der Waals surface area contributed by atoms with Crippen LogP contribution in [0.15, 0.2) is 23.3 Å². The van der Waals surface area contributed by atoms with Crippen molar-refractivity contribution in [1.82, 2.24) is 14.8 Å². The van der Waals surface area contributed by atoms with Crippen molar-refractivity contribution in [3.8, 4) is 0 Å². The van der Waals surface area contributed by atoms with Crippen molar-refractivity contribution in [2.45, 2.75) is 13.5 Å². The number of aromatic nitrogens is 1. The van der Waals surface area contributed by atoms with Gasteiger partial charge in [-0.05, 0) is 19.1 Å². The summed E-state index contributed by atoms with van der Waals surface area (Å²) in [5.41, 5.74) is 1.27. The molecule has 0 aromatic carbocycles. The fraction of sp³-hybridized carbons (Fsp3) is 0.545. The lowest BCUT2D eigenvalue weighted by molar-refractivity contribution is 0.464. The number of hydrogen-bond donors (Lipinski definition) is 1. The fourth-order valence-corrected chi connectivity index (χ4v) is 1.52. The Kier molecular flexibility index (Phi) is 4.21. The molecular weight excluding hydrogens is 188 g/mol. The smallest absolute Gasteiger partial charge is 0.193 e. The third kappa shape index (κ3) is 3.01. The standard InChI is InChI=1S/C11H20N4/c1-5-13-11(12-2)15(4)9-10-7-6-8-14(10)3/h6-8H,5,9H2,1-4H3,(H,12,13). The molecular formula is C11H20N4. The van der Waals surface area contributed by atoms with Gasteiger partial charge >= 0.3 is 0 Å². The summed E-state index contributed by atoms with van der Waals surface area (Å²) in [4.78, 5) is 6.32. The molecule has 0 atom stereocenters. The lowest BCUT2D eigenvalue weighted by Gasteiger charge is -2.21. The Balaban J connectivity index is 2.62. The molecule has 0 aliphatic carbocycles. The van der Waals surface area contributed by atoms with Gasteiger partial charge in [-0.25, -0.2) is 0 Å². The van der Waals surface area contributed by atoms with Crippen LogP contribution >= 0.6 is 0 Å². The van der Waals surface area contributed by atoms with Gasteiger partial charge in [0.15, 0.2) is 5.96 Å². The summed E-state index contributed by atoms with van der Waals surface area (Å²) in [5.74, 6) is 0.929. The van der Waals surface area contributed by atoms with E-state index in [1.165, 1.54) is 5.69 Å². The molecule has 1 N–H and O–H groups in total. The maximum atomic E-state index is 4.21. The van der Waals surface area contributed by atoms with Gasteiger partial charge in [-0.3, -0.25) is 4.99 Å². The molecule has 0 saturated carbocycles. The van der Waals surface area contributed by atoms with Crippen LogP contribution in [-0.2, 0) is 13.6 Å². The van der Waals surface area contributed by atoms with Gasteiger partial charge in [-0.2, -0.15) is 0 Å². The summed E-state index contributed by atoms with van der Waals surface area (Å²) >= 11 is 0. The number of nitrogens with one attached hydrogen (secondary N) is 1. The molecule has 4 heteroatoms. The second-order valence-electron chi connectivity index (χ2n) is 3.54. The van der Waals surface area contributed by atoms with E-state index in [9.17, 15) is 0 Å². The minimum absolute atomic E-state index is 0.864. The van der Waals surface area contributed by atoms with Crippen molar-refractivity contribution in [1.29, 1.82) is 0 Å². The topological polar surface area (TPSA) is 32.6 Å². The first kappa shape index (κ1) is 11.6. The van der Waals surface area contributed by atoms with E-state index in [-0.39, 0.29) is 0 Å². The Labute approximate surface area is 91.6 Å². The third-order valence-electron chi connectivity index (χ3n) is 2.36. The highest BCUT2D eigenvalue weighted by molar-refractivity contribution is 5.79.